The van der Waals surface area contributed by atoms with Crippen molar-refractivity contribution in [1.29, 1.82) is 0 Å². The first kappa shape index (κ1) is 32.2. The summed E-state index contributed by atoms with van der Waals surface area (Å²) in [4.78, 5) is 18.7. The molecule has 1 aliphatic carbocycles. The fraction of sp³-hybridized carbons (Fsp3) is 0.0196. The summed E-state index contributed by atoms with van der Waals surface area (Å²) in [6, 6.07) is 50.7. The normalized spacial score (nSPS) is 13.1. The Morgan fingerprint density at radius 2 is 0.818 bits per heavy atom. The number of rotatable bonds is 4. The first-order valence-corrected chi connectivity index (χ1v) is 18.6. The highest BCUT2D eigenvalue weighted by atomic mass is 14.8. The van der Waals surface area contributed by atoms with Crippen molar-refractivity contribution in [2.45, 2.75) is 0 Å². The van der Waals surface area contributed by atoms with Crippen molar-refractivity contribution >= 4 is 45.9 Å². The van der Waals surface area contributed by atoms with E-state index in [1.165, 1.54) is 0 Å². The van der Waals surface area contributed by atoms with Gasteiger partial charge in [0, 0.05) is 44.3 Å². The largest absolute Gasteiger partial charge is 0.354 e. The molecule has 4 heteroatoms. The van der Waals surface area contributed by atoms with Gasteiger partial charge in [-0.05, 0) is 64.7 Å². The molecule has 0 atom stereocenters. The molecule has 55 heavy (non-hydrogen) atoms. The van der Waals surface area contributed by atoms with Gasteiger partial charge in [-0.25, -0.2) is 9.97 Å². The van der Waals surface area contributed by atoms with Gasteiger partial charge in [-0.2, -0.15) is 0 Å². The topological polar surface area (TPSA) is 57.4 Å². The fourth-order valence-electron chi connectivity index (χ4n) is 7.70. The number of aromatic nitrogens is 4. The Kier molecular flexibility index (Phi) is 8.09. The number of nitrogens with one attached hydrogen (secondary N) is 2. The molecule has 8 bridgehead atoms. The summed E-state index contributed by atoms with van der Waals surface area (Å²) in [6.45, 7) is 0. The van der Waals surface area contributed by atoms with Crippen LogP contribution in [-0.4, -0.2) is 19.9 Å². The van der Waals surface area contributed by atoms with E-state index in [2.05, 4.69) is 186 Å². The van der Waals surface area contributed by atoms with Crippen LogP contribution < -0.4 is 0 Å². The summed E-state index contributed by atoms with van der Waals surface area (Å²) in [5.74, 6) is 7.14. The summed E-state index contributed by atoms with van der Waals surface area (Å²) in [7, 11) is 0. The maximum absolute atomic E-state index is 5.56. The van der Waals surface area contributed by atoms with Crippen molar-refractivity contribution in [3.05, 3.63) is 193 Å². The van der Waals surface area contributed by atoms with Gasteiger partial charge in [0.2, 0.25) is 0 Å². The molecule has 3 aromatic heterocycles. The van der Waals surface area contributed by atoms with Gasteiger partial charge in [-0.15, -0.1) is 0 Å². The molecule has 4 aromatic carbocycles. The van der Waals surface area contributed by atoms with Crippen molar-refractivity contribution in [1.82, 2.24) is 19.9 Å². The van der Waals surface area contributed by atoms with Crippen LogP contribution in [0.15, 0.2) is 170 Å². The lowest BCUT2D eigenvalue weighted by atomic mass is 9.99. The summed E-state index contributed by atoms with van der Waals surface area (Å²) < 4.78 is 0. The second-order valence-electron chi connectivity index (χ2n) is 13.7. The van der Waals surface area contributed by atoms with Gasteiger partial charge in [0.15, 0.2) is 0 Å². The highest BCUT2D eigenvalue weighted by molar-refractivity contribution is 6.05. The Balaban J connectivity index is 1.41. The van der Waals surface area contributed by atoms with Gasteiger partial charge in [-0.3, -0.25) is 0 Å². The quantitative estimate of drug-likeness (QED) is 0.179. The van der Waals surface area contributed by atoms with Crippen molar-refractivity contribution < 1.29 is 0 Å². The zero-order valence-corrected chi connectivity index (χ0v) is 29.9. The van der Waals surface area contributed by atoms with Gasteiger partial charge in [0.1, 0.15) is 0 Å². The molecule has 0 saturated carbocycles. The molecule has 5 heterocycles. The maximum Gasteiger partial charge on any atom is 0.0893 e. The molecule has 0 radical (unpaired) electrons. The number of hydrogen-bond donors (Lipinski definition) is 2. The second-order valence-corrected chi connectivity index (χ2v) is 13.7. The summed E-state index contributed by atoms with van der Waals surface area (Å²) >= 11 is 0. The predicted octanol–water partition coefficient (Wildman–Crippen LogP) is 12.4. The fourth-order valence-corrected chi connectivity index (χ4v) is 7.70. The molecule has 7 aromatic rings. The SMILES string of the molecule is C(#CC1C=CC=C1)C1=Cc2nc1c(-c1ccccc1)c1ccc([nH]1)c(-c1ccccc1)c1nc(c(-c3ccccc3)c3ccc([nH]3)c2-c2ccccc2)C=C1. The average molecular weight is 703 g/mol. The number of benzene rings is 4. The monoisotopic (exact) mass is 702 g/mol. The zero-order valence-electron chi connectivity index (χ0n) is 29.9. The van der Waals surface area contributed by atoms with E-state index in [1.54, 1.807) is 0 Å². The van der Waals surface area contributed by atoms with Crippen LogP contribution >= 0.6 is 0 Å². The number of fused-ring (bicyclic) bond motifs is 8. The van der Waals surface area contributed by atoms with Crippen molar-refractivity contribution in [3.63, 3.8) is 0 Å². The summed E-state index contributed by atoms with van der Waals surface area (Å²) in [6.07, 6.45) is 14.8. The Morgan fingerprint density at radius 1 is 0.418 bits per heavy atom. The lowest BCUT2D eigenvalue weighted by Crippen LogP contribution is -1.91. The van der Waals surface area contributed by atoms with E-state index in [1.807, 2.05) is 24.3 Å². The zero-order chi connectivity index (χ0) is 36.6. The van der Waals surface area contributed by atoms with Crippen LogP contribution in [0, 0.1) is 17.8 Å². The van der Waals surface area contributed by atoms with Gasteiger partial charge >= 0.3 is 0 Å². The van der Waals surface area contributed by atoms with E-state index in [0.717, 1.165) is 94.9 Å². The number of aromatic amines is 2. The lowest BCUT2D eigenvalue weighted by Gasteiger charge is -2.07. The van der Waals surface area contributed by atoms with Crippen LogP contribution in [0.4, 0.5) is 0 Å². The highest BCUT2D eigenvalue weighted by Crippen LogP contribution is 2.40. The Labute approximate surface area is 319 Å². The number of allylic oxidation sites excluding steroid dienone is 5. The first-order chi connectivity index (χ1) is 27.3. The third-order valence-corrected chi connectivity index (χ3v) is 10.2. The van der Waals surface area contributed by atoms with Gasteiger partial charge in [0.25, 0.3) is 0 Å². The van der Waals surface area contributed by atoms with Crippen LogP contribution in [0.1, 0.15) is 22.8 Å². The molecule has 10 rings (SSSR count). The summed E-state index contributed by atoms with van der Waals surface area (Å²) in [5, 5.41) is 0. The molecule has 3 aliphatic rings. The third-order valence-electron chi connectivity index (χ3n) is 10.2. The molecule has 0 fully saturated rings. The van der Waals surface area contributed by atoms with Crippen molar-refractivity contribution in [2.24, 2.45) is 5.92 Å². The first-order valence-electron chi connectivity index (χ1n) is 18.6. The molecule has 0 saturated heterocycles. The van der Waals surface area contributed by atoms with Crippen LogP contribution in [-0.2, 0) is 0 Å². The van der Waals surface area contributed by atoms with E-state index in [-0.39, 0.29) is 5.92 Å². The molecule has 258 valence electrons. The van der Waals surface area contributed by atoms with Crippen LogP contribution in [0.2, 0.25) is 0 Å². The third kappa shape index (κ3) is 6.04. The Morgan fingerprint density at radius 3 is 1.27 bits per heavy atom. The van der Waals surface area contributed by atoms with Gasteiger partial charge in [0.05, 0.1) is 34.3 Å². The van der Waals surface area contributed by atoms with Crippen LogP contribution in [0.25, 0.3) is 90.4 Å². The molecule has 0 amide bonds. The summed E-state index contributed by atoms with van der Waals surface area (Å²) in [5.41, 5.74) is 16.4. The molecular formula is C51H34N4. The number of H-pyrrole nitrogens is 2. The molecule has 2 aliphatic heterocycles. The molecule has 0 spiro atoms. The number of hydrogen-bond acceptors (Lipinski definition) is 2. The molecule has 0 unspecified atom stereocenters. The van der Waals surface area contributed by atoms with E-state index in [4.69, 9.17) is 9.97 Å². The van der Waals surface area contributed by atoms with Gasteiger partial charge in [-0.1, -0.05) is 157 Å². The minimum atomic E-state index is 0.0466. The Hall–Kier alpha value is -7.48. The maximum atomic E-state index is 5.56. The van der Waals surface area contributed by atoms with Crippen molar-refractivity contribution in [3.8, 4) is 56.3 Å². The van der Waals surface area contributed by atoms with Crippen molar-refractivity contribution in [2.75, 3.05) is 0 Å². The average Bonchev–Trinajstić information content (AvgIpc) is 4.10. The van der Waals surface area contributed by atoms with E-state index in [9.17, 15) is 0 Å². The van der Waals surface area contributed by atoms with Crippen LogP contribution in [0.3, 0.4) is 0 Å². The standard InChI is InChI=1S/C51H34N4/c1-5-17-35(18-6-1)47-40-27-28-41(52-40)48(36-19-7-2-8-20-36)43-31-32-45(54-43)50(38-23-11-4-12-24-38)51-39(26-25-34-15-13-14-16-34)33-46(55-51)49(37-21-9-3-10-22-37)44-30-29-42(47)53-44/h1-24,27-34,53-54H. The number of nitrogens with zero attached hydrogens (tertiary/aromatic N) is 2. The van der Waals surface area contributed by atoms with Gasteiger partial charge < -0.3 is 9.97 Å². The highest BCUT2D eigenvalue weighted by Gasteiger charge is 2.22. The molecular weight excluding hydrogens is 669 g/mol. The molecule has 4 nitrogen and oxygen atoms in total. The second kappa shape index (κ2) is 13.8. The smallest absolute Gasteiger partial charge is 0.0893 e. The van der Waals surface area contributed by atoms with Crippen LogP contribution in [0.5, 0.6) is 0 Å². The minimum absolute atomic E-state index is 0.0466. The molecule has 2 N–H and O–H groups in total. The minimum Gasteiger partial charge on any atom is -0.354 e. The lowest BCUT2D eigenvalue weighted by molar-refractivity contribution is 1.15. The Bertz CT molecular complexity index is 2940. The predicted molar refractivity (Wildman–Crippen MR) is 229 cm³/mol. The van der Waals surface area contributed by atoms with E-state index in [0.29, 0.717) is 0 Å². The van der Waals surface area contributed by atoms with E-state index < -0.39 is 0 Å². The van der Waals surface area contributed by atoms with E-state index >= 15 is 0 Å².